The van der Waals surface area contributed by atoms with E-state index in [0.717, 1.165) is 17.5 Å². The third-order valence-electron chi connectivity index (χ3n) is 4.09. The van der Waals surface area contributed by atoms with Crippen LogP contribution < -0.4 is 11.1 Å². The van der Waals surface area contributed by atoms with Gasteiger partial charge in [0.25, 0.3) is 0 Å². The van der Waals surface area contributed by atoms with E-state index in [0.29, 0.717) is 19.4 Å². The summed E-state index contributed by atoms with van der Waals surface area (Å²) in [4.78, 5) is 24.4. The Labute approximate surface area is 147 Å². The summed E-state index contributed by atoms with van der Waals surface area (Å²) in [6.07, 6.45) is 1.77. The van der Waals surface area contributed by atoms with Crippen molar-refractivity contribution in [3.8, 4) is 0 Å². The van der Waals surface area contributed by atoms with Crippen molar-refractivity contribution in [1.29, 1.82) is 0 Å². The Kier molecular flexibility index (Phi) is 7.16. The first-order valence-corrected chi connectivity index (χ1v) is 8.46. The Morgan fingerprint density at radius 1 is 0.920 bits per heavy atom. The molecule has 132 valence electrons. The van der Waals surface area contributed by atoms with Gasteiger partial charge >= 0.3 is 5.97 Å². The summed E-state index contributed by atoms with van der Waals surface area (Å²) in [5, 5.41) is 12.1. The Morgan fingerprint density at radius 3 is 1.88 bits per heavy atom. The number of amides is 1. The van der Waals surface area contributed by atoms with E-state index in [1.807, 2.05) is 60.7 Å². The lowest BCUT2D eigenvalue weighted by Crippen LogP contribution is -2.43. The maximum Gasteiger partial charge on any atom is 0.326 e. The number of carbonyl (C=O) groups excluding carboxylic acids is 1. The van der Waals surface area contributed by atoms with Crippen molar-refractivity contribution in [2.24, 2.45) is 5.73 Å². The monoisotopic (exact) mass is 340 g/mol. The molecule has 0 saturated heterocycles. The first-order chi connectivity index (χ1) is 12.1. The van der Waals surface area contributed by atoms with E-state index in [1.165, 1.54) is 0 Å². The van der Waals surface area contributed by atoms with E-state index in [4.69, 9.17) is 5.73 Å². The number of aliphatic carboxylic acids is 1. The van der Waals surface area contributed by atoms with Crippen LogP contribution in [0.4, 0.5) is 0 Å². The average molecular weight is 340 g/mol. The van der Waals surface area contributed by atoms with E-state index in [-0.39, 0.29) is 5.91 Å². The minimum Gasteiger partial charge on any atom is -0.480 e. The number of carbonyl (C=O) groups is 2. The molecule has 4 N–H and O–H groups in total. The zero-order chi connectivity index (χ0) is 18.1. The van der Waals surface area contributed by atoms with Crippen molar-refractivity contribution >= 4 is 11.9 Å². The number of unbranched alkanes of at least 4 members (excludes halogenated alkanes) is 1. The number of hydrogen-bond donors (Lipinski definition) is 3. The molecule has 0 saturated carbocycles. The van der Waals surface area contributed by atoms with Crippen molar-refractivity contribution in [3.05, 3.63) is 71.8 Å². The lowest BCUT2D eigenvalue weighted by Gasteiger charge is -2.21. The van der Waals surface area contributed by atoms with Crippen molar-refractivity contribution in [2.45, 2.75) is 31.2 Å². The van der Waals surface area contributed by atoms with Crippen molar-refractivity contribution in [2.75, 3.05) is 6.54 Å². The molecule has 0 spiro atoms. The van der Waals surface area contributed by atoms with Crippen LogP contribution in [-0.2, 0) is 9.59 Å². The minimum atomic E-state index is -1.02. The zero-order valence-electron chi connectivity index (χ0n) is 14.1. The average Bonchev–Trinajstić information content (AvgIpc) is 2.63. The Hall–Kier alpha value is -2.66. The highest BCUT2D eigenvalue weighted by atomic mass is 16.4. The molecule has 0 heterocycles. The van der Waals surface area contributed by atoms with Crippen molar-refractivity contribution < 1.29 is 14.7 Å². The summed E-state index contributed by atoms with van der Waals surface area (Å²) in [6.45, 7) is 0.511. The topological polar surface area (TPSA) is 92.4 Å². The maximum absolute atomic E-state index is 12.9. The SMILES string of the molecule is NCCCC[C@H](NC(=O)C(c1ccccc1)c1ccccc1)C(=O)O. The van der Waals surface area contributed by atoms with Crippen molar-refractivity contribution in [3.63, 3.8) is 0 Å². The zero-order valence-corrected chi connectivity index (χ0v) is 14.1. The molecule has 0 aliphatic carbocycles. The molecule has 0 aliphatic rings. The molecular formula is C20H24N2O3. The first-order valence-electron chi connectivity index (χ1n) is 8.46. The second kappa shape index (κ2) is 9.59. The number of nitrogens with one attached hydrogen (secondary N) is 1. The largest absolute Gasteiger partial charge is 0.480 e. The van der Waals surface area contributed by atoms with Crippen LogP contribution >= 0.6 is 0 Å². The number of carboxylic acid groups (broad SMARTS) is 1. The fraction of sp³-hybridized carbons (Fsp3) is 0.300. The second-order valence-corrected chi connectivity index (χ2v) is 5.94. The van der Waals surface area contributed by atoms with Gasteiger partial charge in [0, 0.05) is 0 Å². The van der Waals surface area contributed by atoms with Gasteiger partial charge in [0.2, 0.25) is 5.91 Å². The summed E-state index contributed by atoms with van der Waals surface area (Å²) in [6, 6.07) is 17.8. The van der Waals surface area contributed by atoms with Gasteiger partial charge < -0.3 is 16.2 Å². The Morgan fingerprint density at radius 2 is 1.44 bits per heavy atom. The summed E-state index contributed by atoms with van der Waals surface area (Å²) in [7, 11) is 0. The Bertz CT molecular complexity index is 634. The molecule has 2 rings (SSSR count). The van der Waals surface area contributed by atoms with Gasteiger partial charge in [-0.15, -0.1) is 0 Å². The van der Waals surface area contributed by atoms with Gasteiger partial charge in [-0.2, -0.15) is 0 Å². The van der Waals surface area contributed by atoms with Crippen LogP contribution in [0.1, 0.15) is 36.3 Å². The third kappa shape index (κ3) is 5.43. The summed E-state index contributed by atoms with van der Waals surface area (Å²) >= 11 is 0. The number of nitrogens with two attached hydrogens (primary N) is 1. The molecule has 0 aliphatic heterocycles. The summed E-state index contributed by atoms with van der Waals surface area (Å²) < 4.78 is 0. The fourth-order valence-electron chi connectivity index (χ4n) is 2.79. The van der Waals surface area contributed by atoms with Gasteiger partial charge in [-0.25, -0.2) is 4.79 Å². The van der Waals surface area contributed by atoms with Crippen LogP contribution in [0.5, 0.6) is 0 Å². The molecule has 0 fully saturated rings. The molecule has 0 radical (unpaired) electrons. The van der Waals surface area contributed by atoms with Gasteiger partial charge in [-0.05, 0) is 36.9 Å². The van der Waals surface area contributed by atoms with Gasteiger partial charge in [0.1, 0.15) is 6.04 Å². The highest BCUT2D eigenvalue weighted by Gasteiger charge is 2.27. The lowest BCUT2D eigenvalue weighted by molar-refractivity contribution is -0.142. The smallest absolute Gasteiger partial charge is 0.326 e. The molecule has 5 nitrogen and oxygen atoms in total. The molecule has 2 aromatic carbocycles. The van der Waals surface area contributed by atoms with Gasteiger partial charge in [-0.3, -0.25) is 4.79 Å². The van der Waals surface area contributed by atoms with Crippen LogP contribution in [0.25, 0.3) is 0 Å². The molecular weight excluding hydrogens is 316 g/mol. The van der Waals surface area contributed by atoms with Gasteiger partial charge in [0.15, 0.2) is 0 Å². The van der Waals surface area contributed by atoms with Gasteiger partial charge in [-0.1, -0.05) is 60.7 Å². The van der Waals surface area contributed by atoms with Crippen LogP contribution in [0, 0.1) is 0 Å². The minimum absolute atomic E-state index is 0.308. The predicted molar refractivity (Wildman–Crippen MR) is 97.2 cm³/mol. The normalized spacial score (nSPS) is 11.9. The maximum atomic E-state index is 12.9. The van der Waals surface area contributed by atoms with Gasteiger partial charge in [0.05, 0.1) is 5.92 Å². The third-order valence-corrected chi connectivity index (χ3v) is 4.09. The van der Waals surface area contributed by atoms with E-state index >= 15 is 0 Å². The van der Waals surface area contributed by atoms with E-state index < -0.39 is 17.9 Å². The van der Waals surface area contributed by atoms with Crippen LogP contribution in [0.2, 0.25) is 0 Å². The lowest BCUT2D eigenvalue weighted by atomic mass is 9.90. The van der Waals surface area contributed by atoms with Crippen LogP contribution in [0.15, 0.2) is 60.7 Å². The first kappa shape index (κ1) is 18.7. The number of carboxylic acids is 1. The van der Waals surface area contributed by atoms with Crippen LogP contribution in [-0.4, -0.2) is 29.6 Å². The molecule has 0 unspecified atom stereocenters. The molecule has 0 bridgehead atoms. The number of rotatable bonds is 9. The molecule has 1 atom stereocenters. The number of hydrogen-bond acceptors (Lipinski definition) is 3. The van der Waals surface area contributed by atoms with E-state index in [2.05, 4.69) is 5.32 Å². The summed E-state index contributed by atoms with van der Waals surface area (Å²) in [5.74, 6) is -1.87. The fourth-order valence-corrected chi connectivity index (χ4v) is 2.79. The molecule has 25 heavy (non-hydrogen) atoms. The quantitative estimate of drug-likeness (QED) is 0.612. The highest BCUT2D eigenvalue weighted by Crippen LogP contribution is 2.25. The highest BCUT2D eigenvalue weighted by molar-refractivity contribution is 5.90. The molecule has 2 aromatic rings. The molecule has 1 amide bonds. The van der Waals surface area contributed by atoms with Crippen molar-refractivity contribution in [1.82, 2.24) is 5.32 Å². The molecule has 0 aromatic heterocycles. The van der Waals surface area contributed by atoms with Crippen LogP contribution in [0.3, 0.4) is 0 Å². The standard InChI is InChI=1S/C20H24N2O3/c21-14-8-7-13-17(20(24)25)22-19(23)18(15-9-3-1-4-10-15)16-11-5-2-6-12-16/h1-6,9-12,17-18H,7-8,13-14,21H2,(H,22,23)(H,24,25)/t17-/m0/s1. The van der Waals surface area contributed by atoms with E-state index in [1.54, 1.807) is 0 Å². The number of benzene rings is 2. The van der Waals surface area contributed by atoms with E-state index in [9.17, 15) is 14.7 Å². The second-order valence-electron chi connectivity index (χ2n) is 5.94. The summed E-state index contributed by atoms with van der Waals surface area (Å²) in [5.41, 5.74) is 7.12. The Balaban J connectivity index is 2.22. The predicted octanol–water partition coefficient (Wildman–Crippen LogP) is 2.52. The molecule has 5 heteroatoms.